The van der Waals surface area contributed by atoms with E-state index in [-0.39, 0.29) is 16.3 Å². The molecular formula is C22H21NO6S. The smallest absolute Gasteiger partial charge is 0.335 e. The molecule has 1 aliphatic heterocycles. The van der Waals surface area contributed by atoms with Gasteiger partial charge >= 0.3 is 10.8 Å². The minimum atomic E-state index is -0.946. The third-order valence-corrected chi connectivity index (χ3v) is 5.99. The zero-order valence-corrected chi connectivity index (χ0v) is 17.1. The van der Waals surface area contributed by atoms with Crippen LogP contribution in [-0.4, -0.2) is 33.4 Å². The molecule has 0 saturated heterocycles. The summed E-state index contributed by atoms with van der Waals surface area (Å²) in [5.74, 6) is 0.363. The lowest BCUT2D eigenvalue weighted by Gasteiger charge is -2.35. The Morgan fingerprint density at radius 1 is 1.27 bits per heavy atom. The molecule has 1 aromatic heterocycles. The van der Waals surface area contributed by atoms with Gasteiger partial charge in [0.05, 0.1) is 10.4 Å². The molecule has 2 heterocycles. The van der Waals surface area contributed by atoms with Gasteiger partial charge in [0.25, 0.3) is 0 Å². The molecule has 30 heavy (non-hydrogen) atoms. The number of carbonyl (C=O) groups is 1. The molecule has 8 heteroatoms. The molecule has 2 aromatic carbocycles. The molecule has 0 aliphatic carbocycles. The second kappa shape index (κ2) is 7.87. The maximum atomic E-state index is 11.3. The van der Waals surface area contributed by atoms with Crippen LogP contribution in [0.3, 0.4) is 0 Å². The number of thiazole rings is 1. The predicted octanol–water partition coefficient (Wildman–Crippen LogP) is 3.59. The minimum Gasteiger partial charge on any atom is -0.494 e. The molecule has 3 aromatic rings. The molecule has 7 nitrogen and oxygen atoms in total. The van der Waals surface area contributed by atoms with Crippen LogP contribution in [0.1, 0.15) is 39.7 Å². The van der Waals surface area contributed by atoms with E-state index < -0.39 is 11.6 Å². The van der Waals surface area contributed by atoms with E-state index in [0.29, 0.717) is 35.8 Å². The number of carboxylic acids is 1. The van der Waals surface area contributed by atoms with Gasteiger partial charge in [-0.1, -0.05) is 23.5 Å². The number of hydrogen-bond donors (Lipinski definition) is 3. The van der Waals surface area contributed by atoms with Crippen molar-refractivity contribution in [1.82, 2.24) is 4.98 Å². The Bertz CT molecular complexity index is 1130. The first kappa shape index (κ1) is 20.0. The zero-order valence-electron chi connectivity index (χ0n) is 16.3. The number of aromatic amines is 1. The van der Waals surface area contributed by atoms with Crippen LogP contribution in [-0.2, 0) is 12.8 Å². The molecule has 0 saturated carbocycles. The van der Waals surface area contributed by atoms with Gasteiger partial charge in [-0.3, -0.25) is 9.78 Å². The number of fused-ring (bicyclic) bond motifs is 1. The van der Waals surface area contributed by atoms with Gasteiger partial charge in [0.15, 0.2) is 0 Å². The summed E-state index contributed by atoms with van der Waals surface area (Å²) in [5.41, 5.74) is 1.60. The van der Waals surface area contributed by atoms with E-state index in [4.69, 9.17) is 14.6 Å². The number of carboxylic acid groups (broad SMARTS) is 1. The van der Waals surface area contributed by atoms with Gasteiger partial charge in [-0.05, 0) is 61.2 Å². The monoisotopic (exact) mass is 427 g/mol. The maximum Gasteiger partial charge on any atom is 0.335 e. The van der Waals surface area contributed by atoms with Crippen molar-refractivity contribution in [3.8, 4) is 17.4 Å². The Morgan fingerprint density at radius 2 is 2.03 bits per heavy atom. The Labute approximate surface area is 176 Å². The Kier molecular flexibility index (Phi) is 5.26. The average molecular weight is 427 g/mol. The molecule has 0 spiro atoms. The van der Waals surface area contributed by atoms with Crippen LogP contribution in [0.5, 0.6) is 17.4 Å². The standard InChI is InChI=1S/C22H21NO6S/c1-22(9-8-14-11-15(20(25)26)4-7-17(14)29-22)12-28-16-5-2-13(3-6-16)10-18-19(24)23-21(27)30-18/h2-7,11,24H,8-10,12H2,1H3,(H,23,27)(H,25,26). The summed E-state index contributed by atoms with van der Waals surface area (Å²) in [6.07, 6.45) is 1.90. The number of aryl methyl sites for hydroxylation is 1. The fraction of sp³-hybridized carbons (Fsp3) is 0.273. The van der Waals surface area contributed by atoms with E-state index in [2.05, 4.69) is 4.98 Å². The molecule has 0 amide bonds. The fourth-order valence-corrected chi connectivity index (χ4v) is 4.18. The number of nitrogens with one attached hydrogen (secondary N) is 1. The number of rotatable bonds is 6. The van der Waals surface area contributed by atoms with Crippen molar-refractivity contribution in [2.75, 3.05) is 6.61 Å². The van der Waals surface area contributed by atoms with Crippen LogP contribution >= 0.6 is 11.3 Å². The number of ether oxygens (including phenoxy) is 2. The van der Waals surface area contributed by atoms with E-state index in [1.807, 2.05) is 31.2 Å². The van der Waals surface area contributed by atoms with Gasteiger partial charge in [-0.15, -0.1) is 0 Å². The molecule has 156 valence electrons. The van der Waals surface area contributed by atoms with Crippen LogP contribution in [0.4, 0.5) is 0 Å². The van der Waals surface area contributed by atoms with Gasteiger partial charge in [0.2, 0.25) is 5.88 Å². The van der Waals surface area contributed by atoms with E-state index in [9.17, 15) is 14.7 Å². The van der Waals surface area contributed by atoms with Gasteiger partial charge < -0.3 is 19.7 Å². The van der Waals surface area contributed by atoms with Gasteiger partial charge in [0, 0.05) is 6.42 Å². The topological polar surface area (TPSA) is 109 Å². The third kappa shape index (κ3) is 4.33. The van der Waals surface area contributed by atoms with Crippen LogP contribution < -0.4 is 14.3 Å². The lowest BCUT2D eigenvalue weighted by Crippen LogP contribution is -2.42. The summed E-state index contributed by atoms with van der Waals surface area (Å²) in [5, 5.41) is 18.8. The first-order valence-corrected chi connectivity index (χ1v) is 10.3. The van der Waals surface area contributed by atoms with Crippen molar-refractivity contribution >= 4 is 17.3 Å². The molecule has 3 N–H and O–H groups in total. The largest absolute Gasteiger partial charge is 0.494 e. The number of hydrogen-bond acceptors (Lipinski definition) is 6. The first-order chi connectivity index (χ1) is 14.3. The Hall–Kier alpha value is -3.26. The SMILES string of the molecule is CC1(COc2ccc(Cc3sc(=O)[nH]c3O)cc2)CCc2cc(C(=O)O)ccc2O1. The van der Waals surface area contributed by atoms with Crippen LogP contribution in [0.25, 0.3) is 0 Å². The number of H-pyrrole nitrogens is 1. The van der Waals surface area contributed by atoms with Crippen molar-refractivity contribution in [1.29, 1.82) is 0 Å². The summed E-state index contributed by atoms with van der Waals surface area (Å²) in [6, 6.07) is 12.4. The lowest BCUT2D eigenvalue weighted by molar-refractivity contribution is 0.0175. The highest BCUT2D eigenvalue weighted by atomic mass is 32.1. The number of aromatic hydroxyl groups is 1. The molecule has 4 rings (SSSR count). The predicted molar refractivity (Wildman–Crippen MR) is 112 cm³/mol. The molecule has 1 atom stereocenters. The van der Waals surface area contributed by atoms with Gasteiger partial charge in [0.1, 0.15) is 23.7 Å². The quantitative estimate of drug-likeness (QED) is 0.555. The van der Waals surface area contributed by atoms with Crippen LogP contribution in [0.15, 0.2) is 47.3 Å². The Morgan fingerprint density at radius 3 is 2.70 bits per heavy atom. The molecule has 1 aliphatic rings. The summed E-state index contributed by atoms with van der Waals surface area (Å²) in [7, 11) is 0. The third-order valence-electron chi connectivity index (χ3n) is 5.12. The van der Waals surface area contributed by atoms with Crippen molar-refractivity contribution in [3.63, 3.8) is 0 Å². The number of benzene rings is 2. The van der Waals surface area contributed by atoms with Crippen LogP contribution in [0.2, 0.25) is 0 Å². The lowest BCUT2D eigenvalue weighted by atomic mass is 9.92. The second-order valence-electron chi connectivity index (χ2n) is 7.58. The molecular weight excluding hydrogens is 406 g/mol. The average Bonchev–Trinajstić information content (AvgIpc) is 3.03. The minimum absolute atomic E-state index is 0.0801. The van der Waals surface area contributed by atoms with Crippen LogP contribution in [0, 0.1) is 0 Å². The maximum absolute atomic E-state index is 11.3. The number of aromatic nitrogens is 1. The van der Waals surface area contributed by atoms with E-state index in [1.54, 1.807) is 18.2 Å². The number of aromatic carboxylic acids is 1. The zero-order chi connectivity index (χ0) is 21.3. The van der Waals surface area contributed by atoms with Crippen molar-refractivity contribution in [2.45, 2.75) is 31.8 Å². The highest BCUT2D eigenvalue weighted by Gasteiger charge is 2.33. The highest BCUT2D eigenvalue weighted by molar-refractivity contribution is 7.09. The molecule has 1 unspecified atom stereocenters. The van der Waals surface area contributed by atoms with E-state index >= 15 is 0 Å². The highest BCUT2D eigenvalue weighted by Crippen LogP contribution is 2.34. The normalized spacial score (nSPS) is 17.8. The van der Waals surface area contributed by atoms with E-state index in [0.717, 1.165) is 28.9 Å². The first-order valence-electron chi connectivity index (χ1n) is 9.49. The van der Waals surface area contributed by atoms with E-state index in [1.165, 1.54) is 0 Å². The van der Waals surface area contributed by atoms with Crippen molar-refractivity contribution < 1.29 is 24.5 Å². The van der Waals surface area contributed by atoms with Gasteiger partial charge in [-0.25, -0.2) is 4.79 Å². The molecule has 0 bridgehead atoms. The van der Waals surface area contributed by atoms with Crippen molar-refractivity contribution in [2.24, 2.45) is 0 Å². The molecule has 0 fully saturated rings. The summed E-state index contributed by atoms with van der Waals surface area (Å²) in [6.45, 7) is 2.33. The Balaban J connectivity index is 1.38. The fourth-order valence-electron chi connectivity index (χ4n) is 3.42. The summed E-state index contributed by atoms with van der Waals surface area (Å²) < 4.78 is 12.1. The molecule has 0 radical (unpaired) electrons. The summed E-state index contributed by atoms with van der Waals surface area (Å²) in [4.78, 5) is 25.1. The summed E-state index contributed by atoms with van der Waals surface area (Å²) >= 11 is 0.997. The van der Waals surface area contributed by atoms with Gasteiger partial charge in [-0.2, -0.15) is 0 Å². The van der Waals surface area contributed by atoms with Crippen molar-refractivity contribution in [3.05, 3.63) is 73.7 Å². The second-order valence-corrected chi connectivity index (χ2v) is 8.64.